The minimum Gasteiger partial charge on any atom is -0.497 e. The van der Waals surface area contributed by atoms with Crippen LogP contribution in [0.15, 0.2) is 36.4 Å². The van der Waals surface area contributed by atoms with Crippen molar-refractivity contribution in [1.82, 2.24) is 9.88 Å². The van der Waals surface area contributed by atoms with Gasteiger partial charge in [0.1, 0.15) is 5.75 Å². The Morgan fingerprint density at radius 1 is 1.19 bits per heavy atom. The molecule has 1 aromatic carbocycles. The second kappa shape index (κ2) is 7.71. The van der Waals surface area contributed by atoms with Crippen LogP contribution in [-0.2, 0) is 4.79 Å². The van der Waals surface area contributed by atoms with Gasteiger partial charge in [0.05, 0.1) is 18.8 Å². The Hall–Kier alpha value is -2.36. The largest absolute Gasteiger partial charge is 0.497 e. The molecule has 0 unspecified atom stereocenters. The number of likely N-dealkylation sites (tertiary alicyclic amines) is 1. The van der Waals surface area contributed by atoms with Crippen LogP contribution in [0.1, 0.15) is 57.5 Å². The maximum atomic E-state index is 12.8. The minimum atomic E-state index is -0.00148. The van der Waals surface area contributed by atoms with Gasteiger partial charge in [-0.15, -0.1) is 0 Å². The second-order valence-corrected chi connectivity index (χ2v) is 8.63. The summed E-state index contributed by atoms with van der Waals surface area (Å²) in [6.45, 7) is 9.19. The first-order chi connectivity index (χ1) is 12.8. The van der Waals surface area contributed by atoms with Gasteiger partial charge in [0, 0.05) is 18.7 Å². The average Bonchev–Trinajstić information content (AvgIpc) is 3.10. The molecular weight excluding hydrogens is 336 g/mol. The number of aryl methyl sites for hydroxylation is 1. The van der Waals surface area contributed by atoms with Gasteiger partial charge >= 0.3 is 0 Å². The van der Waals surface area contributed by atoms with Crippen molar-refractivity contribution in [2.45, 2.75) is 53.0 Å². The number of amides is 1. The lowest BCUT2D eigenvalue weighted by atomic mass is 9.91. The van der Waals surface area contributed by atoms with Gasteiger partial charge in [-0.1, -0.05) is 32.9 Å². The lowest BCUT2D eigenvalue weighted by Crippen LogP contribution is -2.33. The highest BCUT2D eigenvalue weighted by atomic mass is 16.5. The third-order valence-electron chi connectivity index (χ3n) is 4.99. The quantitative estimate of drug-likeness (QED) is 0.750. The van der Waals surface area contributed by atoms with Crippen LogP contribution in [0.5, 0.6) is 5.75 Å². The summed E-state index contributed by atoms with van der Waals surface area (Å²) in [7, 11) is 1.67. The molecule has 0 radical (unpaired) electrons. The molecule has 0 N–H and O–H groups in total. The summed E-state index contributed by atoms with van der Waals surface area (Å²) < 4.78 is 5.26. The van der Waals surface area contributed by atoms with Crippen LogP contribution in [0.4, 0.5) is 0 Å². The molecule has 3 rings (SSSR count). The molecule has 1 saturated heterocycles. The third-order valence-corrected chi connectivity index (χ3v) is 4.99. The second-order valence-electron chi connectivity index (χ2n) is 8.63. The predicted octanol–water partition coefficient (Wildman–Crippen LogP) is 5.17. The van der Waals surface area contributed by atoms with Gasteiger partial charge in [0.25, 0.3) is 0 Å². The van der Waals surface area contributed by atoms with E-state index in [0.717, 1.165) is 47.7 Å². The molecule has 1 aromatic heterocycles. The van der Waals surface area contributed by atoms with E-state index in [4.69, 9.17) is 9.72 Å². The first kappa shape index (κ1) is 19.4. The molecule has 0 bridgehead atoms. The van der Waals surface area contributed by atoms with E-state index < -0.39 is 0 Å². The normalized spacial score (nSPS) is 17.2. The number of carbonyl (C=O) groups is 1. The molecule has 1 amide bonds. The summed E-state index contributed by atoms with van der Waals surface area (Å²) in [6.07, 6.45) is 2.59. The van der Waals surface area contributed by atoms with E-state index in [0.29, 0.717) is 6.42 Å². The highest BCUT2D eigenvalue weighted by molar-refractivity contribution is 5.77. The van der Waals surface area contributed by atoms with Crippen LogP contribution in [0.3, 0.4) is 0 Å². The maximum Gasteiger partial charge on any atom is 0.223 e. The smallest absolute Gasteiger partial charge is 0.223 e. The Labute approximate surface area is 162 Å². The number of hydrogen-bond donors (Lipinski definition) is 0. The van der Waals surface area contributed by atoms with Crippen LogP contribution in [0.25, 0.3) is 11.1 Å². The van der Waals surface area contributed by atoms with E-state index in [1.807, 2.05) is 24.0 Å². The molecule has 0 saturated carbocycles. The molecule has 1 aliphatic heterocycles. The molecular formula is C23H30N2O2. The highest BCUT2D eigenvalue weighted by Gasteiger charge is 2.32. The fourth-order valence-electron chi connectivity index (χ4n) is 3.74. The van der Waals surface area contributed by atoms with Crippen LogP contribution in [0.2, 0.25) is 0 Å². The van der Waals surface area contributed by atoms with Crippen LogP contribution >= 0.6 is 0 Å². The zero-order valence-corrected chi connectivity index (χ0v) is 17.1. The molecule has 2 aromatic rings. The van der Waals surface area contributed by atoms with Gasteiger partial charge in [-0.2, -0.15) is 0 Å². The Kier molecular flexibility index (Phi) is 5.54. The molecule has 1 aliphatic rings. The van der Waals surface area contributed by atoms with Gasteiger partial charge in [0.15, 0.2) is 0 Å². The molecule has 0 aliphatic carbocycles. The fourth-order valence-corrected chi connectivity index (χ4v) is 3.74. The van der Waals surface area contributed by atoms with E-state index in [1.165, 1.54) is 0 Å². The minimum absolute atomic E-state index is 0.00148. The van der Waals surface area contributed by atoms with Gasteiger partial charge in [0.2, 0.25) is 5.91 Å². The van der Waals surface area contributed by atoms with Gasteiger partial charge in [-0.25, -0.2) is 0 Å². The topological polar surface area (TPSA) is 42.4 Å². The Morgan fingerprint density at radius 2 is 1.89 bits per heavy atom. The summed E-state index contributed by atoms with van der Waals surface area (Å²) in [6, 6.07) is 12.4. The monoisotopic (exact) mass is 366 g/mol. The number of pyridine rings is 1. The fraction of sp³-hybridized carbons (Fsp3) is 0.478. The highest BCUT2D eigenvalue weighted by Crippen LogP contribution is 2.35. The van der Waals surface area contributed by atoms with Gasteiger partial charge < -0.3 is 9.64 Å². The summed E-state index contributed by atoms with van der Waals surface area (Å²) in [4.78, 5) is 19.7. The number of ether oxygens (including phenoxy) is 1. The lowest BCUT2D eigenvalue weighted by molar-refractivity contribution is -0.134. The number of hydrogen-bond acceptors (Lipinski definition) is 3. The first-order valence-corrected chi connectivity index (χ1v) is 9.69. The van der Waals surface area contributed by atoms with Crippen molar-refractivity contribution in [3.05, 3.63) is 47.8 Å². The number of carbonyl (C=O) groups excluding carboxylic acids is 1. The zero-order valence-electron chi connectivity index (χ0n) is 17.1. The Morgan fingerprint density at radius 3 is 2.52 bits per heavy atom. The molecule has 0 spiro atoms. The third kappa shape index (κ3) is 4.68. The predicted molar refractivity (Wildman–Crippen MR) is 109 cm³/mol. The van der Waals surface area contributed by atoms with Crippen molar-refractivity contribution in [3.8, 4) is 16.9 Å². The van der Waals surface area contributed by atoms with E-state index in [9.17, 15) is 4.79 Å². The number of aromatic nitrogens is 1. The average molecular weight is 367 g/mol. The van der Waals surface area contributed by atoms with Crippen molar-refractivity contribution < 1.29 is 9.53 Å². The van der Waals surface area contributed by atoms with Crippen molar-refractivity contribution in [2.24, 2.45) is 5.41 Å². The molecule has 1 atom stereocenters. The summed E-state index contributed by atoms with van der Waals surface area (Å²) in [5.41, 5.74) is 4.25. The molecule has 4 nitrogen and oxygen atoms in total. The van der Waals surface area contributed by atoms with Crippen molar-refractivity contribution in [1.29, 1.82) is 0 Å². The summed E-state index contributed by atoms with van der Waals surface area (Å²) >= 11 is 0. The SMILES string of the molecule is COc1ccc(-c2cc(C)nc([C@H]3CCCN3C(=O)CC(C)(C)C)c2)cc1. The summed E-state index contributed by atoms with van der Waals surface area (Å²) in [5, 5.41) is 0. The van der Waals surface area contributed by atoms with E-state index in [2.05, 4.69) is 45.0 Å². The Balaban J connectivity index is 1.89. The number of nitrogens with zero attached hydrogens (tertiary/aromatic N) is 2. The van der Waals surface area contributed by atoms with Crippen LogP contribution in [0, 0.1) is 12.3 Å². The molecule has 144 valence electrons. The van der Waals surface area contributed by atoms with Gasteiger partial charge in [-0.05, 0) is 60.6 Å². The van der Waals surface area contributed by atoms with E-state index in [-0.39, 0.29) is 17.4 Å². The van der Waals surface area contributed by atoms with Crippen LogP contribution in [-0.4, -0.2) is 29.4 Å². The maximum absolute atomic E-state index is 12.8. The van der Waals surface area contributed by atoms with Crippen molar-refractivity contribution in [2.75, 3.05) is 13.7 Å². The van der Waals surface area contributed by atoms with Crippen molar-refractivity contribution >= 4 is 5.91 Å². The van der Waals surface area contributed by atoms with E-state index in [1.54, 1.807) is 7.11 Å². The standard InChI is InChI=1S/C23H30N2O2/c1-16-13-18(17-8-10-19(27-5)11-9-17)14-20(24-16)21-7-6-12-25(21)22(26)15-23(2,3)4/h8-11,13-14,21H,6-7,12,15H2,1-5H3/t21-/m1/s1. The van der Waals surface area contributed by atoms with E-state index >= 15 is 0 Å². The zero-order chi connectivity index (χ0) is 19.6. The Bertz CT molecular complexity index is 806. The van der Waals surface area contributed by atoms with Gasteiger partial charge in [-0.3, -0.25) is 9.78 Å². The lowest BCUT2D eigenvalue weighted by Gasteiger charge is -2.28. The molecule has 27 heavy (non-hydrogen) atoms. The molecule has 1 fully saturated rings. The first-order valence-electron chi connectivity index (χ1n) is 9.69. The van der Waals surface area contributed by atoms with Crippen molar-refractivity contribution in [3.63, 3.8) is 0 Å². The molecule has 4 heteroatoms. The number of methoxy groups -OCH3 is 1. The summed E-state index contributed by atoms with van der Waals surface area (Å²) in [5.74, 6) is 1.08. The molecule has 2 heterocycles. The van der Waals surface area contributed by atoms with Crippen LogP contribution < -0.4 is 4.74 Å². The number of rotatable bonds is 4. The number of benzene rings is 1.